The number of carbonyl (C=O) groups is 2. The maximum absolute atomic E-state index is 12.7. The molecule has 0 saturated carbocycles. The largest absolute Gasteiger partial charge is 0.488 e. The Morgan fingerprint density at radius 3 is 2.56 bits per heavy atom. The summed E-state index contributed by atoms with van der Waals surface area (Å²) < 4.78 is 17.9. The third-order valence-corrected chi connectivity index (χ3v) is 7.76. The van der Waals surface area contributed by atoms with Crippen molar-refractivity contribution < 1.29 is 23.8 Å². The molecule has 1 heterocycles. The minimum absolute atomic E-state index is 0.229. The average Bonchev–Trinajstić information content (AvgIpc) is 3.03. The lowest BCUT2D eigenvalue weighted by atomic mass is 9.95. The molecule has 0 aliphatic carbocycles. The number of hydrogen-bond donors (Lipinski definition) is 3. The van der Waals surface area contributed by atoms with Crippen LogP contribution in [0.3, 0.4) is 0 Å². The molecule has 230 valence electrons. The third kappa shape index (κ3) is 8.05. The van der Waals surface area contributed by atoms with E-state index in [0.717, 1.165) is 15.6 Å². The number of nitrogens with zero attached hydrogens (tertiary/aromatic N) is 1. The number of hydrogen-bond acceptors (Lipinski definition) is 7. The molecule has 5 rings (SSSR count). The van der Waals surface area contributed by atoms with Gasteiger partial charge in [-0.1, -0.05) is 54.6 Å². The summed E-state index contributed by atoms with van der Waals surface area (Å²) in [5.74, 6) is 0.176. The van der Waals surface area contributed by atoms with E-state index in [1.54, 1.807) is 32.0 Å². The molecule has 0 bridgehead atoms. The lowest BCUT2D eigenvalue weighted by Gasteiger charge is -2.30. The van der Waals surface area contributed by atoms with Gasteiger partial charge in [0.15, 0.2) is 11.7 Å². The molecule has 1 amide bonds. The van der Waals surface area contributed by atoms with Gasteiger partial charge in [-0.2, -0.15) is 5.10 Å². The van der Waals surface area contributed by atoms with Gasteiger partial charge >= 0.3 is 5.97 Å². The Hall–Kier alpha value is -4.74. The van der Waals surface area contributed by atoms with E-state index in [4.69, 9.17) is 26.4 Å². The van der Waals surface area contributed by atoms with Crippen molar-refractivity contribution in [1.29, 1.82) is 0 Å². The van der Waals surface area contributed by atoms with E-state index in [0.29, 0.717) is 40.1 Å². The van der Waals surface area contributed by atoms with Gasteiger partial charge < -0.3 is 24.8 Å². The van der Waals surface area contributed by atoms with Crippen LogP contribution in [0, 0.1) is 0 Å². The van der Waals surface area contributed by atoms with Crippen LogP contribution in [0.15, 0.2) is 106 Å². The number of ether oxygens (including phenoxy) is 3. The van der Waals surface area contributed by atoms with Gasteiger partial charge in [0.25, 0.3) is 5.91 Å². The van der Waals surface area contributed by atoms with Crippen molar-refractivity contribution in [1.82, 2.24) is 16.1 Å². The molecule has 4 aromatic carbocycles. The fourth-order valence-corrected chi connectivity index (χ4v) is 5.60. The van der Waals surface area contributed by atoms with Gasteiger partial charge in [0.05, 0.1) is 28.9 Å². The number of allylic oxidation sites excluding steroid dienone is 1. The summed E-state index contributed by atoms with van der Waals surface area (Å²) in [6.07, 6.45) is 1.53. The first-order chi connectivity index (χ1) is 21.8. The van der Waals surface area contributed by atoms with Crippen molar-refractivity contribution in [2.75, 3.05) is 13.2 Å². The van der Waals surface area contributed by atoms with Crippen molar-refractivity contribution in [2.45, 2.75) is 26.5 Å². The molecule has 0 unspecified atom stereocenters. The number of nitrogens with one attached hydrogen (secondary N) is 3. The van der Waals surface area contributed by atoms with E-state index < -0.39 is 17.9 Å². The maximum Gasteiger partial charge on any atom is 0.338 e. The minimum atomic E-state index is -0.618. The number of amides is 1. The Bertz CT molecular complexity index is 1810. The van der Waals surface area contributed by atoms with Gasteiger partial charge in [-0.25, -0.2) is 10.2 Å². The number of fused-ring (bicyclic) bond motifs is 1. The quantitative estimate of drug-likeness (QED) is 0.0756. The number of carbonyl (C=O) groups excluding carboxylic acids is 2. The van der Waals surface area contributed by atoms with E-state index in [-0.39, 0.29) is 13.2 Å². The van der Waals surface area contributed by atoms with Crippen LogP contribution in [0.4, 0.5) is 0 Å². The van der Waals surface area contributed by atoms with Gasteiger partial charge in [0, 0.05) is 11.3 Å². The average molecular weight is 688 g/mol. The standard InChI is InChI=1S/C34H31BrN4O5S/c1-3-42-33(41)31-21(2)37-34(45)38-32(31)26-10-6-7-11-28(26)44-20-30(40)39-36-18-22-13-15-29(27(35)17-22)43-19-23-12-14-24-8-4-5-9-25(24)16-23/h4-18,32H,3,19-20H2,1-2H3,(H,39,40)(H2,37,38,45)/t32-/m0/s1. The summed E-state index contributed by atoms with van der Waals surface area (Å²) in [6, 6.07) is 26.5. The number of para-hydroxylation sites is 1. The van der Waals surface area contributed by atoms with Crippen molar-refractivity contribution in [2.24, 2.45) is 5.10 Å². The SMILES string of the molecule is CCOC(=O)C1=C(C)NC(=S)N[C@H]1c1ccccc1OCC(=O)NN=Cc1ccc(OCc2ccc3ccccc3c2)c(Br)c1. The Labute approximate surface area is 274 Å². The van der Waals surface area contributed by atoms with Crippen molar-refractivity contribution in [3.63, 3.8) is 0 Å². The van der Waals surface area contributed by atoms with Crippen molar-refractivity contribution in [3.05, 3.63) is 117 Å². The smallest absolute Gasteiger partial charge is 0.338 e. The Balaban J connectivity index is 1.17. The van der Waals surface area contributed by atoms with Gasteiger partial charge in [0.1, 0.15) is 18.1 Å². The highest BCUT2D eigenvalue weighted by atomic mass is 79.9. The van der Waals surface area contributed by atoms with Gasteiger partial charge in [-0.3, -0.25) is 4.79 Å². The third-order valence-electron chi connectivity index (χ3n) is 6.92. The second-order valence-electron chi connectivity index (χ2n) is 10.1. The number of esters is 1. The molecule has 1 aliphatic rings. The molecule has 0 radical (unpaired) electrons. The zero-order valence-electron chi connectivity index (χ0n) is 24.6. The predicted molar refractivity (Wildman–Crippen MR) is 181 cm³/mol. The normalized spacial score (nSPS) is 14.6. The molecular weight excluding hydrogens is 656 g/mol. The second kappa shape index (κ2) is 14.8. The zero-order valence-corrected chi connectivity index (χ0v) is 27.0. The topological polar surface area (TPSA) is 110 Å². The molecule has 11 heteroatoms. The number of hydrazone groups is 1. The highest BCUT2D eigenvalue weighted by Crippen LogP contribution is 2.33. The molecule has 4 aromatic rings. The summed E-state index contributed by atoms with van der Waals surface area (Å²) >= 11 is 8.88. The zero-order chi connectivity index (χ0) is 31.8. The lowest BCUT2D eigenvalue weighted by Crippen LogP contribution is -2.45. The molecule has 1 aliphatic heterocycles. The molecule has 0 saturated heterocycles. The summed E-state index contributed by atoms with van der Waals surface area (Å²) in [4.78, 5) is 25.3. The lowest BCUT2D eigenvalue weighted by molar-refractivity contribution is -0.139. The van der Waals surface area contributed by atoms with Crippen LogP contribution in [-0.2, 0) is 20.9 Å². The molecular formula is C34H31BrN4O5S. The number of rotatable bonds is 11. The fourth-order valence-electron chi connectivity index (χ4n) is 4.82. The first kappa shape index (κ1) is 31.7. The maximum atomic E-state index is 12.7. The van der Waals surface area contributed by atoms with E-state index in [2.05, 4.69) is 67.4 Å². The molecule has 0 aromatic heterocycles. The van der Waals surface area contributed by atoms with Crippen LogP contribution in [0.2, 0.25) is 0 Å². The van der Waals surface area contributed by atoms with Crippen molar-refractivity contribution in [3.8, 4) is 11.5 Å². The molecule has 3 N–H and O–H groups in total. The van der Waals surface area contributed by atoms with Crippen LogP contribution < -0.4 is 25.5 Å². The van der Waals surface area contributed by atoms with E-state index in [1.165, 1.54) is 17.0 Å². The summed E-state index contributed by atoms with van der Waals surface area (Å²) in [5, 5.41) is 12.9. The first-order valence-corrected chi connectivity index (χ1v) is 15.4. The van der Waals surface area contributed by atoms with Crippen LogP contribution in [-0.4, -0.2) is 36.4 Å². The van der Waals surface area contributed by atoms with Gasteiger partial charge in [-0.05, 0) is 94.2 Å². The molecule has 45 heavy (non-hydrogen) atoms. The minimum Gasteiger partial charge on any atom is -0.488 e. The van der Waals surface area contributed by atoms with Crippen LogP contribution >= 0.6 is 28.1 Å². The van der Waals surface area contributed by atoms with Crippen LogP contribution in [0.25, 0.3) is 10.8 Å². The van der Waals surface area contributed by atoms with Gasteiger partial charge in [0.2, 0.25) is 0 Å². The second-order valence-corrected chi connectivity index (χ2v) is 11.3. The highest BCUT2D eigenvalue weighted by Gasteiger charge is 2.32. The Morgan fingerprint density at radius 1 is 0.978 bits per heavy atom. The monoisotopic (exact) mass is 686 g/mol. The molecule has 1 atom stereocenters. The highest BCUT2D eigenvalue weighted by molar-refractivity contribution is 9.10. The molecule has 0 fully saturated rings. The van der Waals surface area contributed by atoms with Crippen LogP contribution in [0.5, 0.6) is 11.5 Å². The first-order valence-electron chi connectivity index (χ1n) is 14.2. The molecule has 9 nitrogen and oxygen atoms in total. The Morgan fingerprint density at radius 2 is 1.76 bits per heavy atom. The number of thiocarbonyl (C=S) groups is 1. The summed E-state index contributed by atoms with van der Waals surface area (Å²) in [6.45, 7) is 3.86. The number of halogens is 1. The van der Waals surface area contributed by atoms with Crippen LogP contribution in [0.1, 0.15) is 36.6 Å². The molecule has 0 spiro atoms. The Kier molecular flexibility index (Phi) is 10.4. The summed E-state index contributed by atoms with van der Waals surface area (Å²) in [5.41, 5.74) is 5.91. The van der Waals surface area contributed by atoms with Crippen molar-refractivity contribution >= 4 is 62.1 Å². The fraction of sp³-hybridized carbons (Fsp3) is 0.176. The number of benzene rings is 4. The van der Waals surface area contributed by atoms with E-state index in [1.807, 2.05) is 36.4 Å². The van der Waals surface area contributed by atoms with E-state index >= 15 is 0 Å². The predicted octanol–water partition coefficient (Wildman–Crippen LogP) is 6.07. The summed E-state index contributed by atoms with van der Waals surface area (Å²) in [7, 11) is 0. The van der Waals surface area contributed by atoms with E-state index in [9.17, 15) is 9.59 Å². The van der Waals surface area contributed by atoms with Gasteiger partial charge in [-0.15, -0.1) is 0 Å².